The first-order chi connectivity index (χ1) is 14.5. The Labute approximate surface area is 190 Å². The van der Waals surface area contributed by atoms with Gasteiger partial charge in [-0.3, -0.25) is 10.1 Å². The summed E-state index contributed by atoms with van der Waals surface area (Å²) in [5.74, 6) is 0.948. The molecule has 0 saturated heterocycles. The summed E-state index contributed by atoms with van der Waals surface area (Å²) in [6, 6.07) is 8.04. The van der Waals surface area contributed by atoms with Crippen molar-refractivity contribution in [1.29, 1.82) is 0 Å². The number of hydrogen-bond acceptors (Lipinski definition) is 6. The molecule has 1 unspecified atom stereocenters. The van der Waals surface area contributed by atoms with Crippen molar-refractivity contribution in [2.24, 2.45) is 5.92 Å². The Bertz CT molecular complexity index is 995. The second-order valence-corrected chi connectivity index (χ2v) is 10.3. The smallest absolute Gasteiger partial charge is 0.324 e. The number of aromatic nitrogens is 1. The number of urea groups is 1. The molecular weight excluding hydrogens is 438 g/mol. The van der Waals surface area contributed by atoms with Crippen molar-refractivity contribution in [3.05, 3.63) is 46.7 Å². The minimum absolute atomic E-state index is 0.191. The second-order valence-electron chi connectivity index (χ2n) is 8.41. The van der Waals surface area contributed by atoms with Gasteiger partial charge in [0.15, 0.2) is 10.7 Å². The van der Waals surface area contributed by atoms with Gasteiger partial charge in [-0.15, -0.1) is 0 Å². The molecular formula is C21H26ClN5O3S. The normalized spacial score (nSPS) is 16.3. The molecule has 4 N–H and O–H groups in total. The lowest BCUT2D eigenvalue weighted by Crippen LogP contribution is -2.26. The number of amides is 3. The van der Waals surface area contributed by atoms with Crippen LogP contribution in [0.15, 0.2) is 45.5 Å². The summed E-state index contributed by atoms with van der Waals surface area (Å²) >= 11 is 7.56. The van der Waals surface area contributed by atoms with Gasteiger partial charge in [0.2, 0.25) is 0 Å². The van der Waals surface area contributed by atoms with Crippen molar-refractivity contribution in [2.45, 2.75) is 44.9 Å². The average molecular weight is 464 g/mol. The fraction of sp³-hybridized carbons (Fsp3) is 0.381. The number of carbonyl (C=O) groups is 2. The molecule has 1 aromatic carbocycles. The maximum Gasteiger partial charge on any atom is 0.324 e. The fourth-order valence-corrected chi connectivity index (χ4v) is 4.12. The number of benzene rings is 1. The van der Waals surface area contributed by atoms with E-state index in [1.54, 1.807) is 30.3 Å². The lowest BCUT2D eigenvalue weighted by molar-refractivity contribution is -0.113. The average Bonchev–Trinajstić information content (AvgIpc) is 3.30. The van der Waals surface area contributed by atoms with Gasteiger partial charge >= 0.3 is 6.03 Å². The van der Waals surface area contributed by atoms with E-state index in [1.165, 1.54) is 11.8 Å². The summed E-state index contributed by atoms with van der Waals surface area (Å²) in [5.41, 5.74) is 1.45. The van der Waals surface area contributed by atoms with Crippen LogP contribution in [-0.4, -0.2) is 21.9 Å². The molecule has 0 aliphatic carbocycles. The van der Waals surface area contributed by atoms with Crippen molar-refractivity contribution in [3.63, 3.8) is 0 Å². The van der Waals surface area contributed by atoms with Crippen LogP contribution in [0, 0.1) is 5.92 Å². The molecule has 3 amide bonds. The Hall–Kier alpha value is -2.65. The largest absolute Gasteiger partial charge is 0.359 e. The topological polar surface area (TPSA) is 108 Å². The number of nitrogens with one attached hydrogen (secondary N) is 4. The third-order valence-corrected chi connectivity index (χ3v) is 6.01. The molecule has 3 rings (SSSR count). The number of anilines is 3. The van der Waals surface area contributed by atoms with Gasteiger partial charge in [-0.1, -0.05) is 63.1 Å². The van der Waals surface area contributed by atoms with Crippen molar-refractivity contribution < 1.29 is 14.1 Å². The van der Waals surface area contributed by atoms with Crippen LogP contribution in [0.1, 0.15) is 40.4 Å². The van der Waals surface area contributed by atoms with Crippen molar-refractivity contribution >= 4 is 52.5 Å². The van der Waals surface area contributed by atoms with Gasteiger partial charge in [0.05, 0.1) is 0 Å². The molecule has 166 valence electrons. The fourth-order valence-electron chi connectivity index (χ4n) is 2.78. The SMILES string of the molecule is CC(C)C1=C(C(=O)Nc2ccc(NC(=O)Nc3cc(C(C)(C)C)on3)cc2)NC(Cl)S1. The first-order valence-electron chi connectivity index (χ1n) is 9.81. The Morgan fingerprint density at radius 2 is 1.74 bits per heavy atom. The second kappa shape index (κ2) is 9.23. The van der Waals surface area contributed by atoms with Gasteiger partial charge in [0.25, 0.3) is 5.91 Å². The van der Waals surface area contributed by atoms with E-state index in [-0.39, 0.29) is 22.1 Å². The standard InChI is InChI=1S/C21H26ClN5O3S/c1-11(2)17-16(26-19(22)31-17)18(28)23-12-6-8-13(9-7-12)24-20(29)25-15-10-14(30-27-15)21(3,4)5/h6-11,19,26H,1-5H3,(H,23,28)(H2,24,25,27,29). The van der Waals surface area contributed by atoms with E-state index >= 15 is 0 Å². The number of thioether (sulfide) groups is 1. The predicted molar refractivity (Wildman–Crippen MR) is 125 cm³/mol. The Balaban J connectivity index is 1.57. The predicted octanol–water partition coefficient (Wildman–Crippen LogP) is 5.28. The van der Waals surface area contributed by atoms with Crippen LogP contribution in [0.4, 0.5) is 22.0 Å². The molecule has 0 radical (unpaired) electrons. The lowest BCUT2D eigenvalue weighted by atomic mass is 9.93. The highest BCUT2D eigenvalue weighted by atomic mass is 35.5. The van der Waals surface area contributed by atoms with Crippen molar-refractivity contribution in [3.8, 4) is 0 Å². The highest BCUT2D eigenvalue weighted by Gasteiger charge is 2.28. The first-order valence-corrected chi connectivity index (χ1v) is 11.1. The van der Waals surface area contributed by atoms with Gasteiger partial charge < -0.3 is 20.5 Å². The summed E-state index contributed by atoms with van der Waals surface area (Å²) in [4.78, 5) is 25.4. The number of nitrogens with zero attached hydrogens (tertiary/aromatic N) is 1. The van der Waals surface area contributed by atoms with Crippen LogP contribution in [0.3, 0.4) is 0 Å². The molecule has 2 aromatic rings. The van der Waals surface area contributed by atoms with E-state index < -0.39 is 6.03 Å². The molecule has 1 aliphatic heterocycles. The van der Waals surface area contributed by atoms with Crippen LogP contribution in [0.25, 0.3) is 0 Å². The molecule has 1 aliphatic rings. The van der Waals surface area contributed by atoms with Gasteiger partial charge in [-0.25, -0.2) is 4.79 Å². The zero-order chi connectivity index (χ0) is 22.8. The van der Waals surface area contributed by atoms with Crippen LogP contribution in [-0.2, 0) is 10.2 Å². The van der Waals surface area contributed by atoms with Crippen LogP contribution < -0.4 is 21.3 Å². The summed E-state index contributed by atoms with van der Waals surface area (Å²) in [7, 11) is 0. The molecule has 1 aromatic heterocycles. The molecule has 0 bridgehead atoms. The maximum absolute atomic E-state index is 12.6. The zero-order valence-electron chi connectivity index (χ0n) is 18.0. The van der Waals surface area contributed by atoms with E-state index in [9.17, 15) is 9.59 Å². The van der Waals surface area contributed by atoms with Crippen LogP contribution in [0.2, 0.25) is 0 Å². The summed E-state index contributed by atoms with van der Waals surface area (Å²) < 4.78 is 5.25. The molecule has 2 heterocycles. The molecule has 31 heavy (non-hydrogen) atoms. The van der Waals surface area contributed by atoms with E-state index in [4.69, 9.17) is 16.1 Å². The lowest BCUT2D eigenvalue weighted by Gasteiger charge is -2.12. The number of hydrogen-bond donors (Lipinski definition) is 4. The highest BCUT2D eigenvalue weighted by molar-refractivity contribution is 8.05. The number of carbonyl (C=O) groups excluding carboxylic acids is 2. The highest BCUT2D eigenvalue weighted by Crippen LogP contribution is 2.37. The summed E-state index contributed by atoms with van der Waals surface area (Å²) in [6.45, 7) is 10.0. The van der Waals surface area contributed by atoms with E-state index in [1.807, 2.05) is 34.6 Å². The van der Waals surface area contributed by atoms with Crippen LogP contribution in [0.5, 0.6) is 0 Å². The maximum atomic E-state index is 12.6. The van der Waals surface area contributed by atoms with Gasteiger partial charge in [0.1, 0.15) is 11.5 Å². The monoisotopic (exact) mass is 463 g/mol. The van der Waals surface area contributed by atoms with E-state index in [0.29, 0.717) is 28.6 Å². The Kier molecular flexibility index (Phi) is 6.86. The minimum atomic E-state index is -0.447. The third kappa shape index (κ3) is 5.95. The number of allylic oxidation sites excluding steroid dienone is 1. The Morgan fingerprint density at radius 1 is 1.13 bits per heavy atom. The molecule has 0 saturated carbocycles. The molecule has 1 atom stereocenters. The van der Waals surface area contributed by atoms with Crippen molar-refractivity contribution in [2.75, 3.05) is 16.0 Å². The van der Waals surface area contributed by atoms with Crippen molar-refractivity contribution in [1.82, 2.24) is 10.5 Å². The zero-order valence-corrected chi connectivity index (χ0v) is 19.6. The Morgan fingerprint density at radius 3 is 2.29 bits per heavy atom. The van der Waals surface area contributed by atoms with Gasteiger partial charge in [-0.2, -0.15) is 0 Å². The third-order valence-electron chi connectivity index (χ3n) is 4.38. The number of halogens is 1. The molecule has 0 fully saturated rings. The first kappa shape index (κ1) is 23.0. The quantitative estimate of drug-likeness (QED) is 0.355. The van der Waals surface area contributed by atoms with E-state index in [2.05, 4.69) is 26.4 Å². The van der Waals surface area contributed by atoms with Crippen LogP contribution >= 0.6 is 23.4 Å². The summed E-state index contributed by atoms with van der Waals surface area (Å²) in [5, 5.41) is 15.0. The summed E-state index contributed by atoms with van der Waals surface area (Å²) in [6.07, 6.45) is 0. The molecule has 8 nitrogen and oxygen atoms in total. The molecule has 0 spiro atoms. The van der Waals surface area contributed by atoms with Gasteiger partial charge in [0, 0.05) is 27.8 Å². The molecule has 10 heteroatoms. The van der Waals surface area contributed by atoms with Gasteiger partial charge in [-0.05, 0) is 30.2 Å². The number of alkyl halides is 1. The van der Waals surface area contributed by atoms with E-state index in [0.717, 1.165) is 4.91 Å². The number of rotatable bonds is 5. The minimum Gasteiger partial charge on any atom is -0.359 e.